The third-order valence-corrected chi connectivity index (χ3v) is 13.3. The van der Waals surface area contributed by atoms with Crippen LogP contribution in [0.25, 0.3) is 0 Å². The average molecular weight is 594 g/mol. The van der Waals surface area contributed by atoms with E-state index in [0.29, 0.717) is 23.4 Å². The van der Waals surface area contributed by atoms with Gasteiger partial charge in [0.2, 0.25) is 5.91 Å². The number of nitrogens with zero attached hydrogens (tertiary/aromatic N) is 2. The molecule has 1 saturated heterocycles. The average Bonchev–Trinajstić information content (AvgIpc) is 3.19. The van der Waals surface area contributed by atoms with Crippen molar-refractivity contribution in [3.63, 3.8) is 0 Å². The number of fused-ring (bicyclic) bond motifs is 1. The highest BCUT2D eigenvalue weighted by molar-refractivity contribution is 8.03. The molecule has 0 aromatic heterocycles. The lowest BCUT2D eigenvalue weighted by Crippen LogP contribution is -2.63. The van der Waals surface area contributed by atoms with Crippen molar-refractivity contribution < 1.29 is 33.2 Å². The smallest absolute Gasteiger partial charge is 0.407 e. The quantitative estimate of drug-likeness (QED) is 0.0889. The van der Waals surface area contributed by atoms with E-state index in [-0.39, 0.29) is 54.5 Å². The van der Waals surface area contributed by atoms with Crippen molar-refractivity contribution in [1.82, 2.24) is 10.2 Å². The number of rotatable bonds is 12. The Bertz CT molecular complexity index is 1170. The van der Waals surface area contributed by atoms with Gasteiger partial charge in [0.05, 0.1) is 29.6 Å². The van der Waals surface area contributed by atoms with E-state index in [1.165, 1.54) is 36.0 Å². The standard InChI is InChI=1S/C27H39N3O8SSi/c1-8-36-25(32)23-21(15-20-22(24(31)29(20)23)17(2)38-40(6,7)27(3,4)5)39-14-13-28-26(33)37-16-18-9-11-19(12-10-18)30(34)35/h9-12,17,20,22H,8,13-16H2,1-7H3,(H,28,33)/t17-,20-,22-/m1/s1. The number of nitrogens with one attached hydrogen (secondary N) is 1. The molecule has 0 spiro atoms. The van der Waals surface area contributed by atoms with E-state index in [1.807, 2.05) is 6.92 Å². The Hall–Kier alpha value is -2.90. The number of carbonyl (C=O) groups excluding carboxylic acids is 3. The number of ether oxygens (including phenoxy) is 2. The number of thioether (sulfide) groups is 1. The fourth-order valence-electron chi connectivity index (χ4n) is 4.49. The summed E-state index contributed by atoms with van der Waals surface area (Å²) in [5.41, 5.74) is 0.878. The third kappa shape index (κ3) is 7.05. The van der Waals surface area contributed by atoms with Crippen LogP contribution in [0.4, 0.5) is 10.5 Å². The lowest BCUT2D eigenvalue weighted by Gasteiger charge is -2.48. The van der Waals surface area contributed by atoms with Gasteiger partial charge in [-0.25, -0.2) is 9.59 Å². The van der Waals surface area contributed by atoms with Gasteiger partial charge >= 0.3 is 12.1 Å². The summed E-state index contributed by atoms with van der Waals surface area (Å²) >= 11 is 1.41. The third-order valence-electron chi connectivity index (χ3n) is 7.59. The number of nitro benzene ring substituents is 1. The number of carbonyl (C=O) groups is 3. The van der Waals surface area contributed by atoms with Crippen LogP contribution in [0.2, 0.25) is 18.1 Å². The zero-order valence-electron chi connectivity index (χ0n) is 24.1. The number of hydrogen-bond donors (Lipinski definition) is 1. The minimum Gasteiger partial charge on any atom is -0.461 e. The van der Waals surface area contributed by atoms with Crippen molar-refractivity contribution in [1.29, 1.82) is 0 Å². The van der Waals surface area contributed by atoms with Crippen LogP contribution in [-0.4, -0.2) is 67.2 Å². The molecule has 1 N–H and O–H groups in total. The Morgan fingerprint density at radius 3 is 2.45 bits per heavy atom. The zero-order valence-corrected chi connectivity index (χ0v) is 26.0. The Morgan fingerprint density at radius 1 is 1.23 bits per heavy atom. The molecule has 1 aromatic rings. The number of alkyl carbamates (subject to hydrolysis) is 1. The molecule has 3 rings (SSSR count). The number of hydrogen-bond acceptors (Lipinski definition) is 9. The first-order valence-electron chi connectivity index (χ1n) is 13.4. The minimum atomic E-state index is -2.09. The number of benzene rings is 1. The number of β-lactam (4-membered cyclic amide) rings is 1. The van der Waals surface area contributed by atoms with Gasteiger partial charge in [0.1, 0.15) is 12.3 Å². The SMILES string of the molecule is CCOC(=O)C1=C(SCCNC(=O)OCc2ccc([N+](=O)[O-])cc2)C[C@@H]2[C@@H]([C@@H](C)O[Si](C)(C)C(C)(C)C)C(=O)N12. The van der Waals surface area contributed by atoms with Crippen molar-refractivity contribution in [2.75, 3.05) is 18.9 Å². The van der Waals surface area contributed by atoms with Crippen molar-refractivity contribution >= 4 is 43.7 Å². The molecular formula is C27H39N3O8SSi. The maximum Gasteiger partial charge on any atom is 0.407 e. The molecule has 2 amide bonds. The summed E-state index contributed by atoms with van der Waals surface area (Å²) < 4.78 is 17.0. The van der Waals surface area contributed by atoms with Gasteiger partial charge in [-0.2, -0.15) is 0 Å². The predicted molar refractivity (Wildman–Crippen MR) is 154 cm³/mol. The van der Waals surface area contributed by atoms with E-state index in [9.17, 15) is 24.5 Å². The molecule has 0 saturated carbocycles. The van der Waals surface area contributed by atoms with Crippen molar-refractivity contribution in [2.24, 2.45) is 5.92 Å². The van der Waals surface area contributed by atoms with Crippen LogP contribution >= 0.6 is 11.8 Å². The molecular weight excluding hydrogens is 554 g/mol. The summed E-state index contributed by atoms with van der Waals surface area (Å²) in [5, 5.41) is 13.4. The number of amides is 2. The molecule has 1 fully saturated rings. The molecule has 2 aliphatic rings. The first kappa shape index (κ1) is 31.6. The van der Waals surface area contributed by atoms with Crippen LogP contribution in [0.3, 0.4) is 0 Å². The van der Waals surface area contributed by atoms with Crippen molar-refractivity contribution in [3.8, 4) is 0 Å². The minimum absolute atomic E-state index is 0.00870. The monoisotopic (exact) mass is 593 g/mol. The lowest BCUT2D eigenvalue weighted by atomic mass is 9.83. The molecule has 2 heterocycles. The van der Waals surface area contributed by atoms with Crippen LogP contribution in [0.1, 0.15) is 46.6 Å². The second-order valence-electron chi connectivity index (χ2n) is 11.4. The molecule has 40 heavy (non-hydrogen) atoms. The first-order chi connectivity index (χ1) is 18.7. The van der Waals surface area contributed by atoms with Gasteiger partial charge in [-0.15, -0.1) is 11.8 Å². The molecule has 0 unspecified atom stereocenters. The lowest BCUT2D eigenvalue weighted by molar-refractivity contribution is -0.384. The largest absolute Gasteiger partial charge is 0.461 e. The van der Waals surface area contributed by atoms with Crippen molar-refractivity contribution in [3.05, 3.63) is 50.5 Å². The molecule has 0 bridgehead atoms. The highest BCUT2D eigenvalue weighted by atomic mass is 32.2. The van der Waals surface area contributed by atoms with Crippen LogP contribution in [0, 0.1) is 16.0 Å². The van der Waals surface area contributed by atoms with E-state index >= 15 is 0 Å². The van der Waals surface area contributed by atoms with E-state index in [4.69, 9.17) is 13.9 Å². The summed E-state index contributed by atoms with van der Waals surface area (Å²) in [6, 6.07) is 5.60. The van der Waals surface area contributed by atoms with Crippen LogP contribution < -0.4 is 5.32 Å². The van der Waals surface area contributed by atoms with Gasteiger partial charge in [-0.05, 0) is 49.7 Å². The van der Waals surface area contributed by atoms with E-state index in [1.54, 1.807) is 11.8 Å². The Balaban J connectivity index is 1.55. The van der Waals surface area contributed by atoms with Gasteiger partial charge in [-0.3, -0.25) is 14.9 Å². The second kappa shape index (κ2) is 12.7. The molecule has 220 valence electrons. The fourth-order valence-corrected chi connectivity index (χ4v) is 6.98. The predicted octanol–water partition coefficient (Wildman–Crippen LogP) is 4.97. The molecule has 3 atom stereocenters. The number of non-ortho nitro benzene ring substituents is 1. The van der Waals surface area contributed by atoms with Gasteiger partial charge < -0.3 is 24.1 Å². The first-order valence-corrected chi connectivity index (χ1v) is 17.2. The highest BCUT2D eigenvalue weighted by Gasteiger charge is 2.58. The number of nitro groups is 1. The summed E-state index contributed by atoms with van der Waals surface area (Å²) in [7, 11) is -2.09. The maximum absolute atomic E-state index is 13.2. The summed E-state index contributed by atoms with van der Waals surface area (Å²) in [6.45, 7) is 14.9. The molecule has 1 aromatic carbocycles. The molecule has 13 heteroatoms. The molecule has 0 radical (unpaired) electrons. The Kier molecular flexibility index (Phi) is 10.1. The van der Waals surface area contributed by atoms with E-state index < -0.39 is 25.3 Å². The van der Waals surface area contributed by atoms with Gasteiger partial charge in [0.25, 0.3) is 5.69 Å². The Morgan fingerprint density at radius 2 is 1.88 bits per heavy atom. The van der Waals surface area contributed by atoms with Crippen LogP contribution in [0.5, 0.6) is 0 Å². The molecule has 0 aliphatic carbocycles. The second-order valence-corrected chi connectivity index (χ2v) is 17.3. The van der Waals surface area contributed by atoms with Gasteiger partial charge in [0.15, 0.2) is 8.32 Å². The Labute approximate surface area is 240 Å². The van der Waals surface area contributed by atoms with Gasteiger partial charge in [0, 0.05) is 35.8 Å². The van der Waals surface area contributed by atoms with E-state index in [2.05, 4.69) is 39.2 Å². The summed E-state index contributed by atoms with van der Waals surface area (Å²) in [4.78, 5) is 50.7. The van der Waals surface area contributed by atoms with Crippen LogP contribution in [-0.2, 0) is 30.1 Å². The van der Waals surface area contributed by atoms with E-state index in [0.717, 1.165) is 4.91 Å². The fraction of sp³-hybridized carbons (Fsp3) is 0.593. The maximum atomic E-state index is 13.2. The normalized spacial score (nSPS) is 19.6. The number of esters is 1. The summed E-state index contributed by atoms with van der Waals surface area (Å²) in [5.74, 6) is -0.514. The van der Waals surface area contributed by atoms with Gasteiger partial charge in [-0.1, -0.05) is 20.8 Å². The van der Waals surface area contributed by atoms with Crippen LogP contribution in [0.15, 0.2) is 34.9 Å². The van der Waals surface area contributed by atoms with Crippen molar-refractivity contribution in [2.45, 2.75) is 77.9 Å². The summed E-state index contributed by atoms with van der Waals surface area (Å²) in [6.07, 6.45) is -0.361. The topological polar surface area (TPSA) is 137 Å². The molecule has 11 nitrogen and oxygen atoms in total. The highest BCUT2D eigenvalue weighted by Crippen LogP contribution is 2.49. The zero-order chi connectivity index (χ0) is 29.8. The molecule has 2 aliphatic heterocycles.